The van der Waals surface area contributed by atoms with Crippen LogP contribution in [0.25, 0.3) is 0 Å². The van der Waals surface area contributed by atoms with Crippen molar-refractivity contribution in [1.82, 2.24) is 0 Å². The van der Waals surface area contributed by atoms with E-state index in [9.17, 15) is 9.36 Å². The van der Waals surface area contributed by atoms with Gasteiger partial charge in [-0.05, 0) is 6.42 Å². The van der Waals surface area contributed by atoms with Crippen LogP contribution in [0.15, 0.2) is 0 Å². The molecule has 0 bridgehead atoms. The van der Waals surface area contributed by atoms with Gasteiger partial charge in [-0.2, -0.15) is 0 Å². The number of phosphoric acid groups is 1. The number of rotatable bonds is 19. The first-order chi connectivity index (χ1) is 14.3. The number of carbonyl (C=O) groups is 1. The summed E-state index contributed by atoms with van der Waals surface area (Å²) in [6, 6.07) is 0. The Hall–Kier alpha value is -0.580. The van der Waals surface area contributed by atoms with Crippen molar-refractivity contribution in [2.24, 2.45) is 5.73 Å². The average Bonchev–Trinajstić information content (AvgIpc) is 2.71. The van der Waals surface area contributed by atoms with E-state index in [0.717, 1.165) is 19.3 Å². The van der Waals surface area contributed by atoms with Crippen LogP contribution in [0.5, 0.6) is 0 Å². The van der Waals surface area contributed by atoms with Gasteiger partial charge in [-0.3, -0.25) is 14.6 Å². The van der Waals surface area contributed by atoms with Gasteiger partial charge in [0, 0.05) is 13.0 Å². The van der Waals surface area contributed by atoms with Crippen LogP contribution in [0.1, 0.15) is 84.0 Å². The van der Waals surface area contributed by atoms with Crippen molar-refractivity contribution in [2.45, 2.75) is 90.1 Å². The van der Waals surface area contributed by atoms with Gasteiger partial charge in [0.15, 0.2) is 6.10 Å². The lowest BCUT2D eigenvalue weighted by atomic mass is 10.1. The van der Waals surface area contributed by atoms with Gasteiger partial charge in [-0.15, -0.1) is 0 Å². The van der Waals surface area contributed by atoms with Crippen LogP contribution in [0.3, 0.4) is 0 Å². The van der Waals surface area contributed by atoms with E-state index in [1.54, 1.807) is 0 Å². The number of aliphatic hydroxyl groups is 1. The monoisotopic (exact) mass is 459 g/mol. The van der Waals surface area contributed by atoms with E-state index in [2.05, 4.69) is 16.3 Å². The predicted molar refractivity (Wildman–Crippen MR) is 114 cm³/mol. The number of esters is 1. The van der Waals surface area contributed by atoms with Crippen molar-refractivity contribution in [3.63, 3.8) is 0 Å². The van der Waals surface area contributed by atoms with Crippen molar-refractivity contribution in [3.05, 3.63) is 0 Å². The van der Waals surface area contributed by atoms with E-state index < -0.39 is 26.5 Å². The van der Waals surface area contributed by atoms with Crippen LogP contribution in [0, 0.1) is 0 Å². The molecule has 0 aromatic carbocycles. The van der Waals surface area contributed by atoms with Gasteiger partial charge in [0.05, 0.1) is 13.2 Å². The molecule has 0 spiro atoms. The molecule has 0 saturated carbocycles. The summed E-state index contributed by atoms with van der Waals surface area (Å²) >= 11 is 0. The minimum absolute atomic E-state index is 0.0972. The third kappa shape index (κ3) is 27.4. The molecule has 0 amide bonds. The lowest BCUT2D eigenvalue weighted by molar-refractivity contribution is -0.290. The number of nitrogens with two attached hydrogens (primary N) is 1. The van der Waals surface area contributed by atoms with Crippen molar-refractivity contribution in [3.8, 4) is 0 Å². The summed E-state index contributed by atoms with van der Waals surface area (Å²) < 4.78 is 19.6. The first-order valence-corrected chi connectivity index (χ1v) is 12.3. The highest BCUT2D eigenvalue weighted by atomic mass is 31.2. The molecule has 0 aromatic heterocycles. The minimum Gasteiger partial charge on any atom is -0.463 e. The number of unbranched alkanes of at least 4 members (excludes halogenated alkanes) is 10. The first-order valence-electron chi connectivity index (χ1n) is 10.8. The molecule has 182 valence electrons. The Labute approximate surface area is 180 Å². The van der Waals surface area contributed by atoms with E-state index in [1.807, 2.05) is 0 Å². The van der Waals surface area contributed by atoms with Crippen LogP contribution >= 0.6 is 7.82 Å². The fraction of sp³-hybridized carbons (Fsp3) is 0.947. The van der Waals surface area contributed by atoms with Crippen molar-refractivity contribution >= 4 is 13.8 Å². The topological polar surface area (TPSA) is 169 Å². The molecule has 1 unspecified atom stereocenters. The molecule has 1 atom stereocenters. The maximum absolute atomic E-state index is 11.6. The highest BCUT2D eigenvalue weighted by molar-refractivity contribution is 7.46. The molecule has 0 saturated heterocycles. The lowest BCUT2D eigenvalue weighted by Crippen LogP contribution is -2.25. The number of phosphoric ester groups is 1. The number of hydrogen-bond donors (Lipinski definition) is 5. The molecule has 0 rings (SSSR count). The normalized spacial score (nSPS) is 12.2. The second-order valence-electron chi connectivity index (χ2n) is 6.99. The van der Waals surface area contributed by atoms with E-state index in [-0.39, 0.29) is 19.6 Å². The zero-order valence-corrected chi connectivity index (χ0v) is 19.1. The zero-order valence-electron chi connectivity index (χ0n) is 18.2. The fourth-order valence-electron chi connectivity index (χ4n) is 2.48. The smallest absolute Gasteiger partial charge is 0.463 e. The summed E-state index contributed by atoms with van der Waals surface area (Å²) in [6.45, 7) is 1.79. The van der Waals surface area contributed by atoms with Gasteiger partial charge in [-0.25, -0.2) is 9.45 Å². The van der Waals surface area contributed by atoms with Crippen molar-refractivity contribution < 1.29 is 43.7 Å². The second kappa shape index (κ2) is 23.1. The minimum atomic E-state index is -4.65. The van der Waals surface area contributed by atoms with Gasteiger partial charge in [0.2, 0.25) is 0 Å². The molecule has 0 radical (unpaired) electrons. The molecule has 11 heteroatoms. The molecule has 0 aliphatic carbocycles. The molecule has 10 nitrogen and oxygen atoms in total. The SMILES string of the molecule is CCCCCCCCCCCCCC(=O)OCC(COP(=O)(O)O)OO.NCCO. The fourth-order valence-corrected chi connectivity index (χ4v) is 2.84. The third-order valence-corrected chi connectivity index (χ3v) is 4.61. The van der Waals surface area contributed by atoms with Gasteiger partial charge < -0.3 is 25.4 Å². The highest BCUT2D eigenvalue weighted by Crippen LogP contribution is 2.35. The predicted octanol–water partition coefficient (Wildman–Crippen LogP) is 3.14. The van der Waals surface area contributed by atoms with Crippen LogP contribution in [-0.4, -0.2) is 58.6 Å². The zero-order chi connectivity index (χ0) is 23.1. The van der Waals surface area contributed by atoms with E-state index in [1.165, 1.54) is 51.4 Å². The lowest BCUT2D eigenvalue weighted by Gasteiger charge is -2.14. The third-order valence-electron chi connectivity index (χ3n) is 4.12. The maximum atomic E-state index is 11.6. The molecule has 0 aliphatic rings. The average molecular weight is 460 g/mol. The second-order valence-corrected chi connectivity index (χ2v) is 8.23. The van der Waals surface area contributed by atoms with E-state index in [0.29, 0.717) is 6.54 Å². The van der Waals surface area contributed by atoms with Crippen LogP contribution < -0.4 is 5.73 Å². The molecule has 6 N–H and O–H groups in total. The number of hydrogen-bond acceptors (Lipinski definition) is 8. The maximum Gasteiger partial charge on any atom is 0.469 e. The molecule has 0 aromatic rings. The number of carbonyl (C=O) groups excluding carboxylic acids is 1. The molecule has 0 aliphatic heterocycles. The summed E-state index contributed by atoms with van der Waals surface area (Å²) in [6.07, 6.45) is 12.2. The number of ether oxygens (including phenoxy) is 1. The molecule has 0 heterocycles. The van der Waals surface area contributed by atoms with E-state index in [4.69, 9.17) is 30.6 Å². The Balaban J connectivity index is 0. The highest BCUT2D eigenvalue weighted by Gasteiger charge is 2.20. The quantitative estimate of drug-likeness (QED) is 0.0636. The Morgan fingerprint density at radius 3 is 1.80 bits per heavy atom. The molecule has 30 heavy (non-hydrogen) atoms. The Morgan fingerprint density at radius 2 is 1.40 bits per heavy atom. The summed E-state index contributed by atoms with van der Waals surface area (Å²) in [5.41, 5.74) is 4.78. The van der Waals surface area contributed by atoms with Gasteiger partial charge in [0.1, 0.15) is 6.61 Å². The summed E-state index contributed by atoms with van der Waals surface area (Å²) in [5, 5.41) is 16.3. The molecular formula is C19H42NO9P. The van der Waals surface area contributed by atoms with Gasteiger partial charge >= 0.3 is 13.8 Å². The first kappa shape index (κ1) is 31.6. The summed E-state index contributed by atoms with van der Waals surface area (Å²) in [7, 11) is -4.65. The van der Waals surface area contributed by atoms with Crippen LogP contribution in [0.2, 0.25) is 0 Å². The van der Waals surface area contributed by atoms with E-state index >= 15 is 0 Å². The van der Waals surface area contributed by atoms with Gasteiger partial charge in [0.25, 0.3) is 0 Å². The Kier molecular flexibility index (Phi) is 24.3. The molecule has 0 fully saturated rings. The summed E-state index contributed by atoms with van der Waals surface area (Å²) in [5.74, 6) is -0.431. The Bertz CT molecular complexity index is 419. The summed E-state index contributed by atoms with van der Waals surface area (Å²) in [4.78, 5) is 32.6. The van der Waals surface area contributed by atoms with Crippen LogP contribution in [0.4, 0.5) is 0 Å². The number of aliphatic hydroxyl groups excluding tert-OH is 1. The largest absolute Gasteiger partial charge is 0.469 e. The van der Waals surface area contributed by atoms with Crippen molar-refractivity contribution in [2.75, 3.05) is 26.4 Å². The van der Waals surface area contributed by atoms with Gasteiger partial charge in [-0.1, -0.05) is 71.1 Å². The Morgan fingerprint density at radius 1 is 0.933 bits per heavy atom. The van der Waals surface area contributed by atoms with Crippen LogP contribution in [-0.2, 0) is 23.5 Å². The standard InChI is InChI=1S/C17H35O8P.C2H7NO/c1-2-3-4-5-6-7-8-9-10-11-12-13-17(18)23-14-16(25-19)15-24-26(20,21)22;3-1-2-4/h16,19H,2-15H2,1H3,(H2,20,21,22);4H,1-3H2. The molecular weight excluding hydrogens is 417 g/mol. The van der Waals surface area contributed by atoms with Crippen molar-refractivity contribution in [1.29, 1.82) is 0 Å².